The fourth-order valence-electron chi connectivity index (χ4n) is 2.12. The van der Waals surface area contributed by atoms with Crippen molar-refractivity contribution in [1.29, 1.82) is 0 Å². The zero-order valence-corrected chi connectivity index (χ0v) is 10.3. The molecule has 0 aliphatic heterocycles. The van der Waals surface area contributed by atoms with Crippen LogP contribution in [0.15, 0.2) is 16.5 Å². The number of hydrogen-bond acceptors (Lipinski definition) is 5. The van der Waals surface area contributed by atoms with Crippen molar-refractivity contribution in [1.82, 2.24) is 5.32 Å². The molecule has 1 aliphatic carbocycles. The molecule has 1 aromatic heterocycles. The molecule has 0 atom stereocenters. The summed E-state index contributed by atoms with van der Waals surface area (Å²) in [5.41, 5.74) is 0. The Balaban J connectivity index is 1.58. The molecule has 0 spiro atoms. The SMILES string of the molecule is O=[N+]([O-])c1ccc(CNCCOC2CCCC2)o1. The van der Waals surface area contributed by atoms with E-state index in [0.717, 1.165) is 6.54 Å². The van der Waals surface area contributed by atoms with E-state index in [0.29, 0.717) is 25.0 Å². The van der Waals surface area contributed by atoms with Gasteiger partial charge in [0.15, 0.2) is 0 Å². The number of rotatable bonds is 7. The van der Waals surface area contributed by atoms with Gasteiger partial charge in [-0.2, -0.15) is 0 Å². The number of nitro groups is 1. The van der Waals surface area contributed by atoms with Gasteiger partial charge in [0.1, 0.15) is 10.7 Å². The first-order chi connectivity index (χ1) is 8.75. The topological polar surface area (TPSA) is 77.5 Å². The molecule has 0 saturated heterocycles. The van der Waals surface area contributed by atoms with Crippen molar-refractivity contribution in [2.75, 3.05) is 13.2 Å². The summed E-state index contributed by atoms with van der Waals surface area (Å²) < 4.78 is 10.7. The van der Waals surface area contributed by atoms with E-state index in [9.17, 15) is 10.1 Å². The third kappa shape index (κ3) is 3.82. The van der Waals surface area contributed by atoms with E-state index in [4.69, 9.17) is 9.15 Å². The van der Waals surface area contributed by atoms with Crippen molar-refractivity contribution in [2.45, 2.75) is 38.3 Å². The minimum absolute atomic E-state index is 0.214. The second-order valence-corrected chi connectivity index (χ2v) is 4.45. The van der Waals surface area contributed by atoms with Crippen LogP contribution in [0.2, 0.25) is 0 Å². The molecule has 1 N–H and O–H groups in total. The molecule has 100 valence electrons. The fraction of sp³-hybridized carbons (Fsp3) is 0.667. The number of furan rings is 1. The van der Waals surface area contributed by atoms with Crippen LogP contribution in [0, 0.1) is 10.1 Å². The second-order valence-electron chi connectivity index (χ2n) is 4.45. The highest BCUT2D eigenvalue weighted by Crippen LogP contribution is 2.20. The molecule has 6 heteroatoms. The molecule has 0 bridgehead atoms. The minimum atomic E-state index is -0.535. The summed E-state index contributed by atoms with van der Waals surface area (Å²) >= 11 is 0. The number of hydrogen-bond donors (Lipinski definition) is 1. The third-order valence-corrected chi connectivity index (χ3v) is 3.06. The Morgan fingerprint density at radius 3 is 2.89 bits per heavy atom. The van der Waals surface area contributed by atoms with Gasteiger partial charge in [0.2, 0.25) is 0 Å². The second kappa shape index (κ2) is 6.51. The van der Waals surface area contributed by atoms with Crippen molar-refractivity contribution in [3.63, 3.8) is 0 Å². The Morgan fingerprint density at radius 1 is 1.44 bits per heavy atom. The van der Waals surface area contributed by atoms with Gasteiger partial charge in [-0.1, -0.05) is 12.8 Å². The molecule has 0 aromatic carbocycles. The van der Waals surface area contributed by atoms with Crippen molar-refractivity contribution in [3.05, 3.63) is 28.0 Å². The van der Waals surface area contributed by atoms with E-state index in [1.807, 2.05) is 0 Å². The smallest absolute Gasteiger partial charge is 0.404 e. The number of ether oxygens (including phenoxy) is 1. The maximum Gasteiger partial charge on any atom is 0.433 e. The van der Waals surface area contributed by atoms with Crippen LogP contribution in [0.3, 0.4) is 0 Å². The molecular weight excluding hydrogens is 236 g/mol. The van der Waals surface area contributed by atoms with Crippen LogP contribution in [0.5, 0.6) is 0 Å². The van der Waals surface area contributed by atoms with Gasteiger partial charge in [0.05, 0.1) is 25.3 Å². The lowest BCUT2D eigenvalue weighted by molar-refractivity contribution is -0.402. The van der Waals surface area contributed by atoms with Gasteiger partial charge in [-0.3, -0.25) is 10.1 Å². The van der Waals surface area contributed by atoms with Crippen LogP contribution in [0.25, 0.3) is 0 Å². The molecule has 0 amide bonds. The Kier molecular flexibility index (Phi) is 4.72. The van der Waals surface area contributed by atoms with Gasteiger partial charge >= 0.3 is 5.88 Å². The predicted molar refractivity (Wildman–Crippen MR) is 65.3 cm³/mol. The van der Waals surface area contributed by atoms with E-state index in [-0.39, 0.29) is 5.88 Å². The highest BCUT2D eigenvalue weighted by Gasteiger charge is 2.14. The third-order valence-electron chi connectivity index (χ3n) is 3.06. The zero-order chi connectivity index (χ0) is 12.8. The molecule has 6 nitrogen and oxygen atoms in total. The van der Waals surface area contributed by atoms with Gasteiger partial charge < -0.3 is 14.5 Å². The minimum Gasteiger partial charge on any atom is -0.404 e. The maximum absolute atomic E-state index is 10.4. The Labute approximate surface area is 105 Å². The summed E-state index contributed by atoms with van der Waals surface area (Å²) in [6.45, 7) is 1.89. The summed E-state index contributed by atoms with van der Waals surface area (Å²) in [5.74, 6) is 0.358. The average molecular weight is 254 g/mol. The largest absolute Gasteiger partial charge is 0.433 e. The van der Waals surface area contributed by atoms with Crippen LogP contribution in [-0.2, 0) is 11.3 Å². The molecular formula is C12H18N2O4. The molecule has 0 unspecified atom stereocenters. The summed E-state index contributed by atoms with van der Waals surface area (Å²) in [4.78, 5) is 9.87. The van der Waals surface area contributed by atoms with Crippen LogP contribution in [-0.4, -0.2) is 24.2 Å². The first kappa shape index (κ1) is 13.0. The predicted octanol–water partition coefficient (Wildman–Crippen LogP) is 2.24. The highest BCUT2D eigenvalue weighted by atomic mass is 16.6. The normalized spacial score (nSPS) is 16.2. The first-order valence-corrected chi connectivity index (χ1v) is 6.31. The monoisotopic (exact) mass is 254 g/mol. The van der Waals surface area contributed by atoms with Crippen molar-refractivity contribution >= 4 is 5.88 Å². The molecule has 1 saturated carbocycles. The van der Waals surface area contributed by atoms with Gasteiger partial charge in [-0.25, -0.2) is 0 Å². The highest BCUT2D eigenvalue weighted by molar-refractivity contribution is 5.17. The lowest BCUT2D eigenvalue weighted by Crippen LogP contribution is -2.21. The molecule has 2 rings (SSSR count). The molecule has 1 heterocycles. The Morgan fingerprint density at radius 2 is 2.22 bits per heavy atom. The molecule has 1 aromatic rings. The molecule has 1 fully saturated rings. The van der Waals surface area contributed by atoms with Gasteiger partial charge in [0, 0.05) is 6.54 Å². The summed E-state index contributed by atoms with van der Waals surface area (Å²) in [7, 11) is 0. The van der Waals surface area contributed by atoms with E-state index in [1.54, 1.807) is 6.07 Å². The van der Waals surface area contributed by atoms with E-state index in [1.165, 1.54) is 31.7 Å². The quantitative estimate of drug-likeness (QED) is 0.458. The lowest BCUT2D eigenvalue weighted by Gasteiger charge is -2.10. The van der Waals surface area contributed by atoms with E-state index >= 15 is 0 Å². The van der Waals surface area contributed by atoms with E-state index in [2.05, 4.69) is 5.32 Å². The first-order valence-electron chi connectivity index (χ1n) is 6.31. The fourth-order valence-corrected chi connectivity index (χ4v) is 2.12. The Hall–Kier alpha value is -1.40. The molecule has 1 aliphatic rings. The van der Waals surface area contributed by atoms with Crippen LogP contribution < -0.4 is 5.32 Å². The number of nitrogens with one attached hydrogen (secondary N) is 1. The van der Waals surface area contributed by atoms with Crippen molar-refractivity contribution in [2.24, 2.45) is 0 Å². The van der Waals surface area contributed by atoms with Gasteiger partial charge in [-0.15, -0.1) is 0 Å². The lowest BCUT2D eigenvalue weighted by atomic mass is 10.3. The van der Waals surface area contributed by atoms with Gasteiger partial charge in [-0.05, 0) is 18.9 Å². The average Bonchev–Trinajstić information content (AvgIpc) is 2.98. The van der Waals surface area contributed by atoms with Crippen LogP contribution in [0.1, 0.15) is 31.4 Å². The van der Waals surface area contributed by atoms with Crippen molar-refractivity contribution in [3.8, 4) is 0 Å². The molecule has 18 heavy (non-hydrogen) atoms. The van der Waals surface area contributed by atoms with Gasteiger partial charge in [0.25, 0.3) is 0 Å². The Bertz CT molecular complexity index is 385. The van der Waals surface area contributed by atoms with Crippen LogP contribution >= 0.6 is 0 Å². The summed E-state index contributed by atoms with van der Waals surface area (Å²) in [6.07, 6.45) is 5.31. The van der Waals surface area contributed by atoms with E-state index < -0.39 is 4.92 Å². The van der Waals surface area contributed by atoms with Crippen molar-refractivity contribution < 1.29 is 14.1 Å². The zero-order valence-electron chi connectivity index (χ0n) is 10.3. The maximum atomic E-state index is 10.4. The number of nitrogens with zero attached hydrogens (tertiary/aromatic N) is 1. The summed E-state index contributed by atoms with van der Waals surface area (Å²) in [5, 5.41) is 13.5. The standard InChI is InChI=1S/C12H18N2O4/c15-14(16)12-6-5-11(18-12)9-13-7-8-17-10-3-1-2-4-10/h5-6,10,13H,1-4,7-9H2. The van der Waals surface area contributed by atoms with Crippen LogP contribution in [0.4, 0.5) is 5.88 Å². The summed E-state index contributed by atoms with van der Waals surface area (Å²) in [6, 6.07) is 2.98. The molecule has 0 radical (unpaired) electrons.